The molecule has 1 heterocycles. The predicted octanol–water partition coefficient (Wildman–Crippen LogP) is 3.10. The van der Waals surface area contributed by atoms with E-state index in [2.05, 4.69) is 10.2 Å². The molecule has 0 aliphatic carbocycles. The third-order valence-electron chi connectivity index (χ3n) is 3.67. The van der Waals surface area contributed by atoms with Gasteiger partial charge in [0, 0.05) is 23.7 Å². The minimum absolute atomic E-state index is 0.203. The van der Waals surface area contributed by atoms with Gasteiger partial charge >= 0.3 is 0 Å². The van der Waals surface area contributed by atoms with E-state index in [1.165, 1.54) is 38.4 Å². The second-order valence-electron chi connectivity index (χ2n) is 5.10. The molecule has 0 aromatic heterocycles. The van der Waals surface area contributed by atoms with Crippen molar-refractivity contribution in [3.8, 4) is 0 Å². The van der Waals surface area contributed by atoms with E-state index >= 15 is 0 Å². The van der Waals surface area contributed by atoms with Gasteiger partial charge in [0.25, 0.3) is 0 Å². The Labute approximate surface area is 119 Å². The Morgan fingerprint density at radius 3 is 2.68 bits per heavy atom. The number of hydrogen-bond acceptors (Lipinski definition) is 2. The zero-order chi connectivity index (χ0) is 13.5. The molecule has 4 heteroatoms. The van der Waals surface area contributed by atoms with Crippen LogP contribution in [0.5, 0.6) is 0 Å². The van der Waals surface area contributed by atoms with E-state index < -0.39 is 0 Å². The monoisotopic (exact) mass is 284 g/mol. The Hall–Kier alpha value is -0.640. The molecule has 1 aliphatic heterocycles. The molecule has 0 bridgehead atoms. The average Bonchev–Trinajstić information content (AvgIpc) is 2.42. The summed E-state index contributed by atoms with van der Waals surface area (Å²) in [6, 6.07) is 4.85. The normalized spacial score (nSPS) is 16.7. The number of hydrogen-bond donors (Lipinski definition) is 1. The summed E-state index contributed by atoms with van der Waals surface area (Å²) in [6.07, 6.45) is 4.66. The van der Waals surface area contributed by atoms with Crippen molar-refractivity contribution >= 4 is 11.6 Å². The van der Waals surface area contributed by atoms with Crippen molar-refractivity contribution in [2.75, 3.05) is 32.7 Å². The van der Waals surface area contributed by atoms with Crippen molar-refractivity contribution < 1.29 is 4.39 Å². The summed E-state index contributed by atoms with van der Waals surface area (Å²) in [5, 5.41) is 3.89. The van der Waals surface area contributed by atoms with Gasteiger partial charge in [-0.05, 0) is 51.0 Å². The van der Waals surface area contributed by atoms with Crippen LogP contribution >= 0.6 is 11.6 Å². The smallest absolute Gasteiger partial charge is 0.127 e. The Kier molecular flexibility index (Phi) is 6.08. The zero-order valence-electron chi connectivity index (χ0n) is 11.3. The van der Waals surface area contributed by atoms with Crippen LogP contribution in [0.4, 0.5) is 4.39 Å². The minimum Gasteiger partial charge on any atom is -0.315 e. The molecule has 1 aromatic rings. The van der Waals surface area contributed by atoms with Crippen molar-refractivity contribution in [3.63, 3.8) is 0 Å². The largest absolute Gasteiger partial charge is 0.315 e. The maximum absolute atomic E-state index is 13.5. The second-order valence-corrected chi connectivity index (χ2v) is 5.51. The van der Waals surface area contributed by atoms with E-state index in [1.54, 1.807) is 12.1 Å². The van der Waals surface area contributed by atoms with E-state index in [0.29, 0.717) is 17.0 Å². The molecule has 0 amide bonds. The van der Waals surface area contributed by atoms with E-state index in [0.717, 1.165) is 19.6 Å². The van der Waals surface area contributed by atoms with Gasteiger partial charge in [-0.1, -0.05) is 24.1 Å². The Morgan fingerprint density at radius 1 is 1.16 bits per heavy atom. The molecule has 2 nitrogen and oxygen atoms in total. The van der Waals surface area contributed by atoms with Gasteiger partial charge in [0.15, 0.2) is 0 Å². The fourth-order valence-electron chi connectivity index (χ4n) is 2.53. The molecule has 2 rings (SSSR count). The highest BCUT2D eigenvalue weighted by molar-refractivity contribution is 6.31. The van der Waals surface area contributed by atoms with Gasteiger partial charge in [0.1, 0.15) is 5.82 Å². The third-order valence-corrected chi connectivity index (χ3v) is 4.02. The lowest BCUT2D eigenvalue weighted by Gasteiger charge is -2.26. The van der Waals surface area contributed by atoms with Crippen molar-refractivity contribution in [1.29, 1.82) is 0 Å². The van der Waals surface area contributed by atoms with Crippen molar-refractivity contribution in [3.05, 3.63) is 34.6 Å². The molecule has 19 heavy (non-hydrogen) atoms. The first-order chi connectivity index (χ1) is 9.27. The van der Waals surface area contributed by atoms with E-state index in [4.69, 9.17) is 11.6 Å². The van der Waals surface area contributed by atoms with Crippen molar-refractivity contribution in [2.24, 2.45) is 0 Å². The first-order valence-corrected chi connectivity index (χ1v) is 7.51. The van der Waals surface area contributed by atoms with Gasteiger partial charge in [-0.25, -0.2) is 4.39 Å². The van der Waals surface area contributed by atoms with E-state index in [9.17, 15) is 4.39 Å². The van der Waals surface area contributed by atoms with Crippen LogP contribution in [0.3, 0.4) is 0 Å². The number of nitrogens with zero attached hydrogens (tertiary/aromatic N) is 1. The molecule has 0 saturated carbocycles. The van der Waals surface area contributed by atoms with Gasteiger partial charge in [-0.3, -0.25) is 0 Å². The molecule has 1 N–H and O–H groups in total. The van der Waals surface area contributed by atoms with Gasteiger partial charge in [-0.2, -0.15) is 0 Å². The lowest BCUT2D eigenvalue weighted by atomic mass is 10.1. The van der Waals surface area contributed by atoms with Crippen LogP contribution in [0.2, 0.25) is 5.02 Å². The Bertz CT molecular complexity index is 371. The fourth-order valence-corrected chi connectivity index (χ4v) is 2.79. The number of likely N-dealkylation sites (tertiary alicyclic amines) is 1. The minimum atomic E-state index is -0.203. The van der Waals surface area contributed by atoms with Gasteiger partial charge in [0.2, 0.25) is 0 Å². The number of nitrogens with one attached hydrogen (secondary N) is 1. The summed E-state index contributed by atoms with van der Waals surface area (Å²) in [5.41, 5.74) is 0.620. The van der Waals surface area contributed by atoms with Crippen LogP contribution in [0.15, 0.2) is 18.2 Å². The molecule has 0 unspecified atom stereocenters. The summed E-state index contributed by atoms with van der Waals surface area (Å²) in [4.78, 5) is 2.49. The molecule has 1 aromatic carbocycles. The standard InChI is InChI=1S/C15H22ClFN2/c16-14-5-4-6-15(17)13(14)7-8-18-9-12-19-10-2-1-3-11-19/h4-6,18H,1-3,7-12H2. The third kappa shape index (κ3) is 4.75. The molecule has 106 valence electrons. The SMILES string of the molecule is Fc1cccc(Cl)c1CCNCCN1CCCCC1. The number of halogens is 2. The molecule has 0 atom stereocenters. The van der Waals surface area contributed by atoms with Crippen LogP contribution in [0.25, 0.3) is 0 Å². The predicted molar refractivity (Wildman–Crippen MR) is 78.3 cm³/mol. The topological polar surface area (TPSA) is 15.3 Å². The first-order valence-electron chi connectivity index (χ1n) is 7.13. The highest BCUT2D eigenvalue weighted by atomic mass is 35.5. The van der Waals surface area contributed by atoms with Crippen molar-refractivity contribution in [1.82, 2.24) is 10.2 Å². The molecular formula is C15H22ClFN2. The molecule has 1 aliphatic rings. The maximum atomic E-state index is 13.5. The lowest BCUT2D eigenvalue weighted by Crippen LogP contribution is -2.36. The average molecular weight is 285 g/mol. The van der Waals surface area contributed by atoms with Crippen molar-refractivity contribution in [2.45, 2.75) is 25.7 Å². The summed E-state index contributed by atoms with van der Waals surface area (Å²) < 4.78 is 13.5. The maximum Gasteiger partial charge on any atom is 0.127 e. The molecule has 1 saturated heterocycles. The van der Waals surface area contributed by atoms with Crippen LogP contribution in [-0.2, 0) is 6.42 Å². The highest BCUT2D eigenvalue weighted by Crippen LogP contribution is 2.18. The number of piperidine rings is 1. The molecular weight excluding hydrogens is 263 g/mol. The van der Waals surface area contributed by atoms with Crippen LogP contribution < -0.4 is 5.32 Å². The summed E-state index contributed by atoms with van der Waals surface area (Å²) >= 11 is 5.99. The van der Waals surface area contributed by atoms with Gasteiger partial charge in [-0.15, -0.1) is 0 Å². The zero-order valence-corrected chi connectivity index (χ0v) is 12.1. The Morgan fingerprint density at radius 2 is 1.95 bits per heavy atom. The van der Waals surface area contributed by atoms with Crippen LogP contribution in [0, 0.1) is 5.82 Å². The van der Waals surface area contributed by atoms with Crippen LogP contribution in [-0.4, -0.2) is 37.6 Å². The molecule has 0 spiro atoms. The molecule has 0 radical (unpaired) electrons. The Balaban J connectivity index is 1.63. The summed E-state index contributed by atoms with van der Waals surface area (Å²) in [5.74, 6) is -0.203. The number of benzene rings is 1. The first kappa shape index (κ1) is 14.8. The number of rotatable bonds is 6. The fraction of sp³-hybridized carbons (Fsp3) is 0.600. The van der Waals surface area contributed by atoms with E-state index in [1.807, 2.05) is 0 Å². The van der Waals surface area contributed by atoms with E-state index in [-0.39, 0.29) is 5.82 Å². The summed E-state index contributed by atoms with van der Waals surface area (Å²) in [7, 11) is 0. The summed E-state index contributed by atoms with van der Waals surface area (Å²) in [6.45, 7) is 5.27. The van der Waals surface area contributed by atoms with Gasteiger partial charge < -0.3 is 10.2 Å². The quantitative estimate of drug-likeness (QED) is 0.808. The van der Waals surface area contributed by atoms with Gasteiger partial charge in [0.05, 0.1) is 0 Å². The van der Waals surface area contributed by atoms with Crippen LogP contribution in [0.1, 0.15) is 24.8 Å². The second kappa shape index (κ2) is 7.83. The lowest BCUT2D eigenvalue weighted by molar-refractivity contribution is 0.229. The highest BCUT2D eigenvalue weighted by Gasteiger charge is 2.09. The molecule has 1 fully saturated rings.